The molecular weight excluding hydrogens is 252 g/mol. The predicted molar refractivity (Wildman–Crippen MR) is 69.5 cm³/mol. The van der Waals surface area contributed by atoms with Crippen molar-refractivity contribution >= 4 is 15.8 Å². The summed E-state index contributed by atoms with van der Waals surface area (Å²) in [6.07, 6.45) is 3.06. The van der Waals surface area contributed by atoms with E-state index in [1.165, 1.54) is 18.3 Å². The van der Waals surface area contributed by atoms with Gasteiger partial charge in [-0.3, -0.25) is 0 Å². The Hall–Kier alpha value is -1.18. The smallest absolute Gasteiger partial charge is 0.241 e. The van der Waals surface area contributed by atoms with Crippen LogP contribution in [0.3, 0.4) is 0 Å². The maximum absolute atomic E-state index is 12.1. The first-order valence-electron chi connectivity index (χ1n) is 5.90. The second-order valence-corrected chi connectivity index (χ2v) is 6.33. The maximum atomic E-state index is 12.1. The highest BCUT2D eigenvalue weighted by atomic mass is 32.2. The minimum Gasteiger partial charge on any atom is -0.384 e. The summed E-state index contributed by atoms with van der Waals surface area (Å²) in [5.74, 6) is 0.209. The van der Waals surface area contributed by atoms with Crippen LogP contribution in [-0.2, 0) is 10.0 Å². The number of nitrogen functional groups attached to an aromatic ring is 1. The van der Waals surface area contributed by atoms with E-state index >= 15 is 0 Å². The van der Waals surface area contributed by atoms with Gasteiger partial charge < -0.3 is 10.6 Å². The molecule has 0 atom stereocenters. The lowest BCUT2D eigenvalue weighted by Crippen LogP contribution is -2.43. The van der Waals surface area contributed by atoms with Crippen molar-refractivity contribution < 1.29 is 8.42 Å². The fourth-order valence-corrected chi connectivity index (χ4v) is 3.34. The lowest BCUT2D eigenvalue weighted by Gasteiger charge is -2.29. The Kier molecular flexibility index (Phi) is 3.84. The summed E-state index contributed by atoms with van der Waals surface area (Å²) in [4.78, 5) is 6.15. The highest BCUT2D eigenvalue weighted by molar-refractivity contribution is 7.89. The molecule has 6 nitrogen and oxygen atoms in total. The molecule has 2 heterocycles. The average molecular weight is 270 g/mol. The molecular formula is C11H18N4O2S. The molecule has 0 aliphatic carbocycles. The lowest BCUT2D eigenvalue weighted by atomic mass is 10.1. The van der Waals surface area contributed by atoms with Crippen molar-refractivity contribution in [3.8, 4) is 0 Å². The van der Waals surface area contributed by atoms with Gasteiger partial charge in [0, 0.05) is 18.3 Å². The summed E-state index contributed by atoms with van der Waals surface area (Å²) < 4.78 is 27.0. The second kappa shape index (κ2) is 5.21. The summed E-state index contributed by atoms with van der Waals surface area (Å²) in [6, 6.07) is 2.82. The minimum atomic E-state index is -3.49. The van der Waals surface area contributed by atoms with Crippen LogP contribution in [0.15, 0.2) is 23.2 Å². The molecule has 18 heavy (non-hydrogen) atoms. The van der Waals surface area contributed by atoms with Crippen LogP contribution in [0.5, 0.6) is 0 Å². The minimum absolute atomic E-state index is 0.000546. The highest BCUT2D eigenvalue weighted by Gasteiger charge is 2.23. The third-order valence-corrected chi connectivity index (χ3v) is 4.62. The van der Waals surface area contributed by atoms with Gasteiger partial charge in [0.05, 0.1) is 4.90 Å². The molecule has 0 radical (unpaired) electrons. The molecule has 0 bridgehead atoms. The molecule has 2 rings (SSSR count). The average Bonchev–Trinajstić information content (AvgIpc) is 2.32. The van der Waals surface area contributed by atoms with Gasteiger partial charge in [0.25, 0.3) is 0 Å². The summed E-state index contributed by atoms with van der Waals surface area (Å²) >= 11 is 0. The van der Waals surface area contributed by atoms with Crippen LogP contribution in [-0.4, -0.2) is 44.5 Å². The van der Waals surface area contributed by atoms with E-state index in [1.54, 1.807) is 0 Å². The van der Waals surface area contributed by atoms with E-state index in [-0.39, 0.29) is 16.8 Å². The third kappa shape index (κ3) is 3.18. The number of pyridine rings is 1. The molecule has 0 unspecified atom stereocenters. The van der Waals surface area contributed by atoms with Gasteiger partial charge in [-0.25, -0.2) is 18.1 Å². The number of piperidine rings is 1. The van der Waals surface area contributed by atoms with E-state index in [1.807, 2.05) is 7.05 Å². The van der Waals surface area contributed by atoms with E-state index in [2.05, 4.69) is 14.6 Å². The molecule has 3 N–H and O–H groups in total. The number of hydrogen-bond acceptors (Lipinski definition) is 5. The van der Waals surface area contributed by atoms with Crippen molar-refractivity contribution in [2.45, 2.75) is 23.8 Å². The van der Waals surface area contributed by atoms with Crippen LogP contribution < -0.4 is 10.5 Å². The first kappa shape index (κ1) is 13.3. The van der Waals surface area contributed by atoms with Crippen LogP contribution in [0.25, 0.3) is 0 Å². The zero-order chi connectivity index (χ0) is 13.2. The topological polar surface area (TPSA) is 88.3 Å². The Bertz CT molecular complexity index is 510. The second-order valence-electron chi connectivity index (χ2n) is 4.62. The number of nitrogens with one attached hydrogen (secondary N) is 1. The van der Waals surface area contributed by atoms with E-state index in [0.29, 0.717) is 0 Å². The molecule has 0 amide bonds. The number of sulfonamides is 1. The number of hydrogen-bond donors (Lipinski definition) is 2. The summed E-state index contributed by atoms with van der Waals surface area (Å²) in [5.41, 5.74) is 5.50. The standard InChI is InChI=1S/C11H18N4O2S/c1-15-6-3-9(4-7-15)14-18(16,17)10-2-5-13-11(12)8-10/h2,5,8-9,14H,3-4,6-7H2,1H3,(H2,12,13). The molecule has 0 saturated carbocycles. The predicted octanol–water partition coefficient (Wildman–Crippen LogP) is 0.0363. The number of rotatable bonds is 3. The quantitative estimate of drug-likeness (QED) is 0.809. The Labute approximate surface area is 107 Å². The SMILES string of the molecule is CN1CCC(NS(=O)(=O)c2ccnc(N)c2)CC1. The Balaban J connectivity index is 2.08. The van der Waals surface area contributed by atoms with Crippen LogP contribution in [0.2, 0.25) is 0 Å². The van der Waals surface area contributed by atoms with Crippen LogP contribution in [0.1, 0.15) is 12.8 Å². The number of nitrogens with two attached hydrogens (primary N) is 1. The van der Waals surface area contributed by atoms with Crippen LogP contribution in [0, 0.1) is 0 Å². The van der Waals surface area contributed by atoms with Gasteiger partial charge in [0.2, 0.25) is 10.0 Å². The molecule has 100 valence electrons. The summed E-state index contributed by atoms with van der Waals surface area (Å²) in [7, 11) is -1.45. The van der Waals surface area contributed by atoms with Gasteiger partial charge >= 0.3 is 0 Å². The molecule has 1 aromatic rings. The molecule has 1 aliphatic rings. The highest BCUT2D eigenvalue weighted by Crippen LogP contribution is 2.14. The molecule has 7 heteroatoms. The Morgan fingerprint density at radius 3 is 2.72 bits per heavy atom. The zero-order valence-corrected chi connectivity index (χ0v) is 11.2. The van der Waals surface area contributed by atoms with Crippen molar-refractivity contribution in [1.82, 2.24) is 14.6 Å². The number of nitrogens with zero attached hydrogens (tertiary/aromatic N) is 2. The fraction of sp³-hybridized carbons (Fsp3) is 0.545. The van der Waals surface area contributed by atoms with Crippen molar-refractivity contribution in [2.75, 3.05) is 25.9 Å². The molecule has 1 fully saturated rings. The van der Waals surface area contributed by atoms with E-state index < -0.39 is 10.0 Å². The molecule has 0 spiro atoms. The monoisotopic (exact) mass is 270 g/mol. The largest absolute Gasteiger partial charge is 0.384 e. The Morgan fingerprint density at radius 2 is 2.11 bits per heavy atom. The van der Waals surface area contributed by atoms with Gasteiger partial charge in [-0.2, -0.15) is 0 Å². The van der Waals surface area contributed by atoms with Crippen molar-refractivity contribution in [3.05, 3.63) is 18.3 Å². The van der Waals surface area contributed by atoms with Gasteiger partial charge in [0.1, 0.15) is 5.82 Å². The number of aromatic nitrogens is 1. The van der Waals surface area contributed by atoms with Crippen LogP contribution >= 0.6 is 0 Å². The van der Waals surface area contributed by atoms with Gasteiger partial charge in [-0.05, 0) is 39.0 Å². The first-order chi connectivity index (χ1) is 8.47. The van der Waals surface area contributed by atoms with Crippen molar-refractivity contribution in [3.63, 3.8) is 0 Å². The molecule has 0 aromatic carbocycles. The van der Waals surface area contributed by atoms with Gasteiger partial charge in [-0.15, -0.1) is 0 Å². The van der Waals surface area contributed by atoms with Crippen molar-refractivity contribution in [2.24, 2.45) is 0 Å². The number of anilines is 1. The molecule has 1 aliphatic heterocycles. The Morgan fingerprint density at radius 1 is 1.44 bits per heavy atom. The fourth-order valence-electron chi connectivity index (χ4n) is 2.01. The molecule has 1 aromatic heterocycles. The van der Waals surface area contributed by atoms with E-state index in [9.17, 15) is 8.42 Å². The summed E-state index contributed by atoms with van der Waals surface area (Å²) in [5, 5.41) is 0. The zero-order valence-electron chi connectivity index (χ0n) is 10.3. The summed E-state index contributed by atoms with van der Waals surface area (Å²) in [6.45, 7) is 1.82. The molecule has 1 saturated heterocycles. The van der Waals surface area contributed by atoms with Crippen molar-refractivity contribution in [1.29, 1.82) is 0 Å². The van der Waals surface area contributed by atoms with Gasteiger partial charge in [-0.1, -0.05) is 0 Å². The lowest BCUT2D eigenvalue weighted by molar-refractivity contribution is 0.248. The first-order valence-corrected chi connectivity index (χ1v) is 7.38. The van der Waals surface area contributed by atoms with Gasteiger partial charge in [0.15, 0.2) is 0 Å². The number of likely N-dealkylation sites (tertiary alicyclic amines) is 1. The normalized spacial score (nSPS) is 18.9. The third-order valence-electron chi connectivity index (χ3n) is 3.10. The van der Waals surface area contributed by atoms with E-state index in [4.69, 9.17) is 5.73 Å². The van der Waals surface area contributed by atoms with Crippen LogP contribution in [0.4, 0.5) is 5.82 Å². The van der Waals surface area contributed by atoms with E-state index in [0.717, 1.165) is 25.9 Å². The maximum Gasteiger partial charge on any atom is 0.241 e.